The number of piperazine rings is 1. The number of nitrogen functional groups attached to an aromatic ring is 1. The first-order chi connectivity index (χ1) is 9.84. The van der Waals surface area contributed by atoms with Crippen molar-refractivity contribution in [2.45, 2.75) is 6.54 Å². The Labute approximate surface area is 121 Å². The summed E-state index contributed by atoms with van der Waals surface area (Å²) in [4.78, 5) is 2.49. The average molecular weight is 269 g/mol. The molecule has 0 spiro atoms. The minimum absolute atomic E-state index is 0.822. The molecule has 3 rings (SSSR count). The first-order valence-electron chi connectivity index (χ1n) is 7.12. The van der Waals surface area contributed by atoms with Crippen molar-refractivity contribution >= 4 is 5.69 Å². The van der Waals surface area contributed by atoms with Crippen molar-refractivity contribution in [1.82, 2.24) is 10.2 Å². The Morgan fingerprint density at radius 2 is 1.40 bits per heavy atom. The van der Waals surface area contributed by atoms with Gasteiger partial charge in [-0.05, 0) is 17.7 Å². The molecule has 0 bridgehead atoms. The number of para-hydroxylation sites is 1. The molecular weight excluding hydrogens is 246 g/mol. The van der Waals surface area contributed by atoms with E-state index in [0.29, 0.717) is 0 Å². The largest absolute Gasteiger partial charge is 0.399 e. The molecule has 0 amide bonds. The summed E-state index contributed by atoms with van der Waals surface area (Å²) in [6.45, 7) is 5.71. The van der Waals surface area contributed by atoms with Crippen LogP contribution < -0.4 is 11.1 Å². The summed E-state index contributed by atoms with van der Waals surface area (Å²) in [5.41, 5.74) is 7.60. The molecule has 1 heterocycles. The predicted molar refractivity (Wildman–Crippen MR) is 85.4 cm³/mol. The van der Waals surface area contributed by atoms with E-state index in [4.69, 9.17) is 5.73 Å². The molecule has 3 heteroatoms. The summed E-state index contributed by atoms with van der Waals surface area (Å²) < 4.78 is 0. The second-order valence-corrected chi connectivity index (χ2v) is 4.92. The quantitative estimate of drug-likeness (QED) is 0.822. The lowest BCUT2D eigenvalue weighted by atomic mass is 10.2. The minimum atomic E-state index is 0.822. The van der Waals surface area contributed by atoms with Crippen molar-refractivity contribution < 1.29 is 0 Å². The van der Waals surface area contributed by atoms with Gasteiger partial charge in [0.05, 0.1) is 0 Å². The smallest absolute Gasteiger partial charge is 0.0313 e. The van der Waals surface area contributed by atoms with Crippen molar-refractivity contribution in [3.8, 4) is 0 Å². The van der Waals surface area contributed by atoms with Gasteiger partial charge in [0, 0.05) is 38.4 Å². The van der Waals surface area contributed by atoms with Crippen molar-refractivity contribution in [3.63, 3.8) is 0 Å². The van der Waals surface area contributed by atoms with E-state index in [1.807, 2.05) is 30.3 Å². The van der Waals surface area contributed by atoms with Crippen molar-refractivity contribution in [3.05, 3.63) is 66.2 Å². The Bertz CT molecular complexity index is 464. The lowest BCUT2D eigenvalue weighted by Gasteiger charge is -2.27. The predicted octanol–water partition coefficient (Wildman–Crippen LogP) is 2.36. The van der Waals surface area contributed by atoms with Gasteiger partial charge < -0.3 is 11.1 Å². The van der Waals surface area contributed by atoms with E-state index < -0.39 is 0 Å². The number of nitrogens with zero attached hydrogens (tertiary/aromatic N) is 1. The number of hydrogen-bond donors (Lipinski definition) is 2. The summed E-state index contributed by atoms with van der Waals surface area (Å²) in [5.74, 6) is 0. The van der Waals surface area contributed by atoms with Crippen molar-refractivity contribution in [2.24, 2.45) is 0 Å². The second-order valence-electron chi connectivity index (χ2n) is 4.92. The van der Waals surface area contributed by atoms with Gasteiger partial charge in [-0.3, -0.25) is 4.90 Å². The van der Waals surface area contributed by atoms with Crippen LogP contribution in [-0.2, 0) is 6.54 Å². The van der Waals surface area contributed by atoms with Crippen LogP contribution in [0.1, 0.15) is 5.56 Å². The molecule has 0 aromatic heterocycles. The van der Waals surface area contributed by atoms with Crippen LogP contribution in [0, 0.1) is 0 Å². The number of rotatable bonds is 2. The number of benzene rings is 2. The maximum Gasteiger partial charge on any atom is 0.0313 e. The first kappa shape index (κ1) is 14.6. The van der Waals surface area contributed by atoms with Crippen LogP contribution in [0.3, 0.4) is 0 Å². The molecule has 2 aromatic carbocycles. The molecule has 1 fully saturated rings. The summed E-state index contributed by atoms with van der Waals surface area (Å²) in [6.07, 6.45) is 0. The molecule has 106 valence electrons. The molecule has 0 saturated carbocycles. The monoisotopic (exact) mass is 269 g/mol. The van der Waals surface area contributed by atoms with Gasteiger partial charge in [-0.1, -0.05) is 48.5 Å². The van der Waals surface area contributed by atoms with E-state index >= 15 is 0 Å². The average Bonchev–Trinajstić information content (AvgIpc) is 2.51. The molecule has 2 aromatic rings. The number of hydrogen-bond acceptors (Lipinski definition) is 3. The Balaban J connectivity index is 0.000000178. The van der Waals surface area contributed by atoms with E-state index in [-0.39, 0.29) is 0 Å². The summed E-state index contributed by atoms with van der Waals surface area (Å²) in [5, 5.41) is 3.36. The Hall–Kier alpha value is -1.84. The van der Waals surface area contributed by atoms with E-state index in [2.05, 4.69) is 40.5 Å². The molecule has 0 unspecified atom stereocenters. The zero-order chi connectivity index (χ0) is 14.0. The lowest BCUT2D eigenvalue weighted by Crippen LogP contribution is -2.42. The third-order valence-corrected chi connectivity index (χ3v) is 3.26. The van der Waals surface area contributed by atoms with E-state index in [1.54, 1.807) is 0 Å². The van der Waals surface area contributed by atoms with Crippen LogP contribution >= 0.6 is 0 Å². The Morgan fingerprint density at radius 1 is 0.850 bits per heavy atom. The van der Waals surface area contributed by atoms with E-state index in [0.717, 1.165) is 25.3 Å². The van der Waals surface area contributed by atoms with Crippen molar-refractivity contribution in [2.75, 3.05) is 31.9 Å². The summed E-state index contributed by atoms with van der Waals surface area (Å²) in [7, 11) is 0. The molecule has 0 aliphatic carbocycles. The van der Waals surface area contributed by atoms with E-state index in [9.17, 15) is 0 Å². The Morgan fingerprint density at radius 3 is 1.90 bits per heavy atom. The van der Waals surface area contributed by atoms with Gasteiger partial charge in [0.15, 0.2) is 0 Å². The highest BCUT2D eigenvalue weighted by Gasteiger charge is 2.08. The summed E-state index contributed by atoms with van der Waals surface area (Å²) in [6, 6.07) is 20.2. The van der Waals surface area contributed by atoms with Gasteiger partial charge in [-0.25, -0.2) is 0 Å². The minimum Gasteiger partial charge on any atom is -0.399 e. The SMILES string of the molecule is Nc1ccccc1.c1ccc(CN2CCNCC2)cc1. The fourth-order valence-electron chi connectivity index (χ4n) is 2.16. The normalized spacial score (nSPS) is 15.2. The highest BCUT2D eigenvalue weighted by molar-refractivity contribution is 5.35. The van der Waals surface area contributed by atoms with Crippen LogP contribution in [0.2, 0.25) is 0 Å². The number of nitrogens with two attached hydrogens (primary N) is 1. The zero-order valence-electron chi connectivity index (χ0n) is 11.8. The van der Waals surface area contributed by atoms with Gasteiger partial charge in [-0.15, -0.1) is 0 Å². The molecule has 0 atom stereocenters. The molecule has 0 radical (unpaired) electrons. The topological polar surface area (TPSA) is 41.3 Å². The van der Waals surface area contributed by atoms with Crippen LogP contribution in [0.4, 0.5) is 5.69 Å². The van der Waals surface area contributed by atoms with Crippen LogP contribution in [0.25, 0.3) is 0 Å². The molecule has 3 nitrogen and oxygen atoms in total. The summed E-state index contributed by atoms with van der Waals surface area (Å²) >= 11 is 0. The second kappa shape index (κ2) is 8.35. The fourth-order valence-corrected chi connectivity index (χ4v) is 2.16. The highest BCUT2D eigenvalue weighted by Crippen LogP contribution is 2.04. The third-order valence-electron chi connectivity index (χ3n) is 3.26. The zero-order valence-corrected chi connectivity index (χ0v) is 11.8. The van der Waals surface area contributed by atoms with Gasteiger partial charge >= 0.3 is 0 Å². The van der Waals surface area contributed by atoms with Gasteiger partial charge in [0.1, 0.15) is 0 Å². The molecule has 20 heavy (non-hydrogen) atoms. The molecular formula is C17H23N3. The van der Waals surface area contributed by atoms with E-state index in [1.165, 1.54) is 18.7 Å². The molecule has 3 N–H and O–H groups in total. The first-order valence-corrected chi connectivity index (χ1v) is 7.12. The van der Waals surface area contributed by atoms with Crippen molar-refractivity contribution in [1.29, 1.82) is 0 Å². The fraction of sp³-hybridized carbons (Fsp3) is 0.294. The molecule has 1 aliphatic rings. The number of anilines is 1. The lowest BCUT2D eigenvalue weighted by molar-refractivity contribution is 0.233. The van der Waals surface area contributed by atoms with Gasteiger partial charge in [-0.2, -0.15) is 0 Å². The highest BCUT2D eigenvalue weighted by atomic mass is 15.2. The standard InChI is InChI=1S/C11H16N2.C6H7N/c1-2-4-11(5-3-1)10-13-8-6-12-7-9-13;7-6-4-2-1-3-5-6/h1-5,12H,6-10H2;1-5H,7H2. The van der Waals surface area contributed by atoms with Gasteiger partial charge in [0.2, 0.25) is 0 Å². The van der Waals surface area contributed by atoms with Gasteiger partial charge in [0.25, 0.3) is 0 Å². The molecule has 1 aliphatic heterocycles. The third kappa shape index (κ3) is 5.43. The Kier molecular flexibility index (Phi) is 6.08. The maximum absolute atomic E-state index is 5.36. The van der Waals surface area contributed by atoms with Crippen LogP contribution in [0.5, 0.6) is 0 Å². The number of nitrogens with one attached hydrogen (secondary N) is 1. The molecule has 1 saturated heterocycles. The maximum atomic E-state index is 5.36. The van der Waals surface area contributed by atoms with Crippen LogP contribution in [-0.4, -0.2) is 31.1 Å². The van der Waals surface area contributed by atoms with Crippen LogP contribution in [0.15, 0.2) is 60.7 Å².